The third-order valence-corrected chi connectivity index (χ3v) is 8.37. The lowest BCUT2D eigenvalue weighted by Gasteiger charge is -2.40. The fourth-order valence-electron chi connectivity index (χ4n) is 6.06. The van der Waals surface area contributed by atoms with Gasteiger partial charge in [-0.3, -0.25) is 19.7 Å². The number of halogens is 1. The number of anilines is 1. The summed E-state index contributed by atoms with van der Waals surface area (Å²) in [6.07, 6.45) is 9.95. The first kappa shape index (κ1) is 28.3. The lowest BCUT2D eigenvalue weighted by atomic mass is 10.0. The molecule has 220 valence electrons. The molecule has 0 spiro atoms. The van der Waals surface area contributed by atoms with Gasteiger partial charge in [-0.2, -0.15) is 0 Å². The van der Waals surface area contributed by atoms with Crippen molar-refractivity contribution in [3.05, 3.63) is 93.5 Å². The molecule has 8 nitrogen and oxygen atoms in total. The van der Waals surface area contributed by atoms with Gasteiger partial charge in [-0.15, -0.1) is 0 Å². The van der Waals surface area contributed by atoms with E-state index in [4.69, 9.17) is 10.5 Å². The molecule has 0 amide bonds. The first-order valence-electron chi connectivity index (χ1n) is 14.9. The minimum atomic E-state index is -0.536. The molecule has 1 aromatic carbocycles. The largest absolute Gasteiger partial charge is 0.489 e. The van der Waals surface area contributed by atoms with E-state index in [1.165, 1.54) is 6.07 Å². The Morgan fingerprint density at radius 2 is 1.93 bits per heavy atom. The molecule has 1 unspecified atom stereocenters. The van der Waals surface area contributed by atoms with Crippen LogP contribution in [0.2, 0.25) is 0 Å². The first-order chi connectivity index (χ1) is 20.4. The normalized spacial score (nSPS) is 17.3. The number of pyridine rings is 3. The molecule has 0 radical (unpaired) electrons. The molecule has 2 aliphatic rings. The highest BCUT2D eigenvalue weighted by molar-refractivity contribution is 5.81. The van der Waals surface area contributed by atoms with Crippen LogP contribution in [-0.4, -0.2) is 51.7 Å². The van der Waals surface area contributed by atoms with Gasteiger partial charge in [0.05, 0.1) is 17.4 Å². The van der Waals surface area contributed by atoms with Crippen LogP contribution in [-0.2, 0) is 13.1 Å². The third kappa shape index (κ3) is 6.17. The molecule has 1 aliphatic heterocycles. The molecule has 1 aliphatic carbocycles. The standard InChI is InChI=1S/C33H39FN6O2/c1-22-5-6-27(17-37-22)38-12-3-4-28(21-38)39(18-24-9-11-36-23(2)14-24)19-25-20-40(26-7-8-26)31-16-32(42-13-10-35)30(34)15-29(31)33(25)41/h5-6,9,11,14-17,20,26,28H,3-4,7-8,10,12-13,18-19,21,35H2,1-2H3. The fourth-order valence-corrected chi connectivity index (χ4v) is 6.06. The Balaban J connectivity index is 1.36. The van der Waals surface area contributed by atoms with Gasteiger partial charge in [-0.25, -0.2) is 4.39 Å². The zero-order valence-electron chi connectivity index (χ0n) is 24.4. The summed E-state index contributed by atoms with van der Waals surface area (Å²) in [5.41, 5.74) is 11.1. The Labute approximate surface area is 245 Å². The summed E-state index contributed by atoms with van der Waals surface area (Å²) < 4.78 is 22.8. The van der Waals surface area contributed by atoms with Crippen LogP contribution in [0.3, 0.4) is 0 Å². The van der Waals surface area contributed by atoms with Crippen molar-refractivity contribution in [2.45, 2.75) is 64.7 Å². The number of rotatable bonds is 10. The Morgan fingerprint density at radius 1 is 1.07 bits per heavy atom. The molecule has 2 N–H and O–H groups in total. The van der Waals surface area contributed by atoms with Crippen LogP contribution in [0.25, 0.3) is 10.9 Å². The van der Waals surface area contributed by atoms with Gasteiger partial charge in [0.2, 0.25) is 0 Å². The molecular formula is C33H39FN6O2. The Bertz CT molecular complexity index is 1620. The summed E-state index contributed by atoms with van der Waals surface area (Å²) >= 11 is 0. The highest BCUT2D eigenvalue weighted by atomic mass is 19.1. The summed E-state index contributed by atoms with van der Waals surface area (Å²) in [7, 11) is 0. The number of aryl methyl sites for hydroxylation is 2. The molecule has 1 saturated heterocycles. The van der Waals surface area contributed by atoms with Crippen molar-refractivity contribution in [1.29, 1.82) is 0 Å². The predicted octanol–water partition coefficient (Wildman–Crippen LogP) is 4.89. The number of hydrogen-bond acceptors (Lipinski definition) is 7. The third-order valence-electron chi connectivity index (χ3n) is 8.37. The van der Waals surface area contributed by atoms with E-state index in [2.05, 4.69) is 42.5 Å². The van der Waals surface area contributed by atoms with Gasteiger partial charge in [0, 0.05) is 85.6 Å². The maximum atomic E-state index is 15.1. The van der Waals surface area contributed by atoms with Crippen LogP contribution >= 0.6 is 0 Å². The summed E-state index contributed by atoms with van der Waals surface area (Å²) in [4.78, 5) is 27.7. The van der Waals surface area contributed by atoms with E-state index in [-0.39, 0.29) is 30.4 Å². The maximum Gasteiger partial charge on any atom is 0.193 e. The van der Waals surface area contributed by atoms with Crippen molar-refractivity contribution < 1.29 is 9.13 Å². The molecule has 4 heterocycles. The predicted molar refractivity (Wildman–Crippen MR) is 163 cm³/mol. The van der Waals surface area contributed by atoms with Gasteiger partial charge in [-0.05, 0) is 75.4 Å². The summed E-state index contributed by atoms with van der Waals surface area (Å²) in [5, 5.41) is 0.396. The van der Waals surface area contributed by atoms with Crippen molar-refractivity contribution in [3.63, 3.8) is 0 Å². The second-order valence-electron chi connectivity index (χ2n) is 11.7. The van der Waals surface area contributed by atoms with Crippen molar-refractivity contribution in [2.24, 2.45) is 5.73 Å². The molecule has 3 aromatic heterocycles. The highest BCUT2D eigenvalue weighted by Gasteiger charge is 2.30. The molecule has 2 fully saturated rings. The summed E-state index contributed by atoms with van der Waals surface area (Å²) in [5.74, 6) is -0.400. The fraction of sp³-hybridized carbons (Fsp3) is 0.424. The number of hydrogen-bond donors (Lipinski definition) is 1. The van der Waals surface area contributed by atoms with Gasteiger partial charge in [0.15, 0.2) is 17.0 Å². The van der Waals surface area contributed by atoms with Crippen LogP contribution < -0.4 is 20.8 Å². The van der Waals surface area contributed by atoms with E-state index in [0.29, 0.717) is 35.6 Å². The number of nitrogens with two attached hydrogens (primary N) is 1. The quantitative estimate of drug-likeness (QED) is 0.290. The maximum absolute atomic E-state index is 15.1. The Morgan fingerprint density at radius 3 is 2.67 bits per heavy atom. The van der Waals surface area contributed by atoms with Crippen LogP contribution in [0.15, 0.2) is 59.8 Å². The van der Waals surface area contributed by atoms with Crippen molar-refractivity contribution in [3.8, 4) is 5.75 Å². The van der Waals surface area contributed by atoms with Crippen molar-refractivity contribution in [1.82, 2.24) is 19.4 Å². The molecule has 4 aromatic rings. The highest BCUT2D eigenvalue weighted by Crippen LogP contribution is 2.38. The zero-order chi connectivity index (χ0) is 29.2. The number of piperidine rings is 1. The monoisotopic (exact) mass is 570 g/mol. The average molecular weight is 571 g/mol. The Kier molecular flexibility index (Phi) is 8.22. The molecular weight excluding hydrogens is 531 g/mol. The van der Waals surface area contributed by atoms with Crippen LogP contribution in [0.4, 0.5) is 10.1 Å². The van der Waals surface area contributed by atoms with Gasteiger partial charge < -0.3 is 19.9 Å². The van der Waals surface area contributed by atoms with E-state index < -0.39 is 5.82 Å². The number of nitrogens with zero attached hydrogens (tertiary/aromatic N) is 5. The zero-order valence-corrected chi connectivity index (χ0v) is 24.4. The molecule has 9 heteroatoms. The second kappa shape index (κ2) is 12.2. The van der Waals surface area contributed by atoms with Crippen molar-refractivity contribution in [2.75, 3.05) is 31.1 Å². The van der Waals surface area contributed by atoms with Crippen LogP contribution in [0.1, 0.15) is 54.2 Å². The van der Waals surface area contributed by atoms with E-state index in [1.807, 2.05) is 38.5 Å². The minimum Gasteiger partial charge on any atom is -0.489 e. The topological polar surface area (TPSA) is 89.5 Å². The van der Waals surface area contributed by atoms with E-state index >= 15 is 4.39 Å². The van der Waals surface area contributed by atoms with Gasteiger partial charge in [0.1, 0.15) is 6.61 Å². The molecule has 6 rings (SSSR count). The summed E-state index contributed by atoms with van der Waals surface area (Å²) in [6, 6.07) is 11.9. The number of fused-ring (bicyclic) bond motifs is 1. The molecule has 0 bridgehead atoms. The van der Waals surface area contributed by atoms with Crippen molar-refractivity contribution >= 4 is 16.6 Å². The molecule has 1 saturated carbocycles. The van der Waals surface area contributed by atoms with Crippen LogP contribution in [0.5, 0.6) is 5.75 Å². The lowest BCUT2D eigenvalue weighted by molar-refractivity contribution is 0.158. The number of benzene rings is 1. The SMILES string of the molecule is Cc1ccc(N2CCCC(N(Cc3ccnc(C)c3)Cc3cn(C4CC4)c4cc(OCCN)c(F)cc4c3=O)C2)cn1. The lowest BCUT2D eigenvalue weighted by Crippen LogP contribution is -2.48. The minimum absolute atomic E-state index is 0.127. The van der Waals surface area contributed by atoms with Crippen LogP contribution in [0, 0.1) is 19.7 Å². The first-order valence-corrected chi connectivity index (χ1v) is 14.9. The summed E-state index contributed by atoms with van der Waals surface area (Å²) in [6.45, 7) is 7.48. The Hall–Kier alpha value is -3.82. The second-order valence-corrected chi connectivity index (χ2v) is 11.7. The van der Waals surface area contributed by atoms with E-state index in [1.54, 1.807) is 6.07 Å². The van der Waals surface area contributed by atoms with Gasteiger partial charge >= 0.3 is 0 Å². The van der Waals surface area contributed by atoms with E-state index in [0.717, 1.165) is 61.4 Å². The smallest absolute Gasteiger partial charge is 0.193 e. The van der Waals surface area contributed by atoms with Gasteiger partial charge in [0.25, 0.3) is 0 Å². The number of aromatic nitrogens is 3. The van der Waals surface area contributed by atoms with Gasteiger partial charge in [-0.1, -0.05) is 0 Å². The molecule has 1 atom stereocenters. The average Bonchev–Trinajstić information content (AvgIpc) is 3.83. The molecule has 42 heavy (non-hydrogen) atoms. The van der Waals surface area contributed by atoms with E-state index in [9.17, 15) is 4.79 Å². The number of ether oxygens (including phenoxy) is 1.